The van der Waals surface area contributed by atoms with Gasteiger partial charge in [0.25, 0.3) is 0 Å². The van der Waals surface area contributed by atoms with Crippen molar-refractivity contribution in [1.29, 1.82) is 0 Å². The molecule has 1 rings (SSSR count). The highest BCUT2D eigenvalue weighted by atomic mass is 16.5. The molecule has 0 unspecified atom stereocenters. The second-order valence-corrected chi connectivity index (χ2v) is 4.26. The number of benzene rings is 1. The molecule has 0 heterocycles. The van der Waals surface area contributed by atoms with Gasteiger partial charge in [0.2, 0.25) is 0 Å². The van der Waals surface area contributed by atoms with Gasteiger partial charge in [-0.1, -0.05) is 37.3 Å². The number of hydrogen-bond donors (Lipinski definition) is 1. The molecule has 0 bridgehead atoms. The molecule has 0 fully saturated rings. The molecular weight excluding hydrogens is 242 g/mol. The third-order valence-corrected chi connectivity index (χ3v) is 2.62. The number of carbonyl (C=O) groups excluding carboxylic acids is 2. The van der Waals surface area contributed by atoms with E-state index >= 15 is 0 Å². The van der Waals surface area contributed by atoms with Crippen LogP contribution in [-0.4, -0.2) is 31.4 Å². The lowest BCUT2D eigenvalue weighted by Crippen LogP contribution is -2.22. The summed E-state index contributed by atoms with van der Waals surface area (Å²) < 4.78 is 5.02. The average molecular weight is 263 g/mol. The molecule has 0 aliphatic carbocycles. The van der Waals surface area contributed by atoms with Crippen LogP contribution in [0.2, 0.25) is 0 Å². The molecule has 0 aromatic heterocycles. The van der Waals surface area contributed by atoms with Gasteiger partial charge in [0, 0.05) is 18.5 Å². The zero-order chi connectivity index (χ0) is 13.9. The number of hydrogen-bond acceptors (Lipinski definition) is 4. The van der Waals surface area contributed by atoms with Crippen LogP contribution in [0.3, 0.4) is 0 Å². The summed E-state index contributed by atoms with van der Waals surface area (Å²) in [5, 5.41) is 3.14. The molecule has 0 radical (unpaired) electrons. The van der Waals surface area contributed by atoms with E-state index in [0.717, 1.165) is 13.0 Å². The summed E-state index contributed by atoms with van der Waals surface area (Å²) in [4.78, 5) is 23.2. The molecule has 0 amide bonds. The van der Waals surface area contributed by atoms with Crippen molar-refractivity contribution in [3.05, 3.63) is 35.9 Å². The standard InChI is InChI=1S/C15H21NO3/c1-2-10-16-11-12-19-15(18)9-8-14(17)13-6-4-3-5-7-13/h3-7,16H,2,8-12H2,1H3. The Morgan fingerprint density at radius 1 is 1.11 bits per heavy atom. The molecule has 0 atom stereocenters. The predicted molar refractivity (Wildman–Crippen MR) is 74.1 cm³/mol. The van der Waals surface area contributed by atoms with Gasteiger partial charge in [-0.25, -0.2) is 0 Å². The minimum atomic E-state index is -0.317. The molecule has 1 aromatic rings. The van der Waals surface area contributed by atoms with E-state index < -0.39 is 0 Å². The molecule has 0 aliphatic heterocycles. The van der Waals surface area contributed by atoms with Gasteiger partial charge < -0.3 is 10.1 Å². The van der Waals surface area contributed by atoms with Crippen molar-refractivity contribution in [2.45, 2.75) is 26.2 Å². The van der Waals surface area contributed by atoms with Gasteiger partial charge in [-0.05, 0) is 13.0 Å². The Kier molecular flexibility index (Phi) is 7.51. The quantitative estimate of drug-likeness (QED) is 0.421. The van der Waals surface area contributed by atoms with Crippen LogP contribution in [0.15, 0.2) is 30.3 Å². The molecular formula is C15H21NO3. The van der Waals surface area contributed by atoms with Crippen LogP contribution in [-0.2, 0) is 9.53 Å². The number of Topliss-reactive ketones (excluding diaryl/α,β-unsaturated/α-hetero) is 1. The van der Waals surface area contributed by atoms with Crippen LogP contribution in [0.1, 0.15) is 36.5 Å². The Balaban J connectivity index is 2.15. The number of ether oxygens (including phenoxy) is 1. The average Bonchev–Trinajstić information content (AvgIpc) is 2.45. The number of ketones is 1. The summed E-state index contributed by atoms with van der Waals surface area (Å²) in [6.45, 7) is 4.02. The number of nitrogens with one attached hydrogen (secondary N) is 1. The molecule has 0 saturated carbocycles. The summed E-state index contributed by atoms with van der Waals surface area (Å²) in [5.74, 6) is -0.343. The minimum absolute atomic E-state index is 0.0262. The lowest BCUT2D eigenvalue weighted by atomic mass is 10.1. The SMILES string of the molecule is CCCNCCOC(=O)CCC(=O)c1ccccc1. The van der Waals surface area contributed by atoms with E-state index in [0.29, 0.717) is 18.7 Å². The van der Waals surface area contributed by atoms with Crippen LogP contribution in [0.4, 0.5) is 0 Å². The van der Waals surface area contributed by atoms with Gasteiger partial charge in [0.1, 0.15) is 6.61 Å². The molecule has 0 aliphatic rings. The first kappa shape index (κ1) is 15.4. The first-order chi connectivity index (χ1) is 9.24. The molecule has 1 N–H and O–H groups in total. The summed E-state index contributed by atoms with van der Waals surface area (Å²) in [7, 11) is 0. The maximum atomic E-state index is 11.7. The first-order valence-corrected chi connectivity index (χ1v) is 6.68. The lowest BCUT2D eigenvalue weighted by Gasteiger charge is -2.05. The van der Waals surface area contributed by atoms with E-state index in [4.69, 9.17) is 4.74 Å². The second kappa shape index (κ2) is 9.28. The van der Waals surface area contributed by atoms with E-state index in [1.807, 2.05) is 18.2 Å². The van der Waals surface area contributed by atoms with Gasteiger partial charge >= 0.3 is 5.97 Å². The fourth-order valence-corrected chi connectivity index (χ4v) is 1.59. The zero-order valence-corrected chi connectivity index (χ0v) is 11.4. The van der Waals surface area contributed by atoms with Crippen LogP contribution >= 0.6 is 0 Å². The highest BCUT2D eigenvalue weighted by Gasteiger charge is 2.09. The van der Waals surface area contributed by atoms with Gasteiger partial charge in [-0.2, -0.15) is 0 Å². The van der Waals surface area contributed by atoms with Crippen LogP contribution in [0, 0.1) is 0 Å². The van der Waals surface area contributed by atoms with Crippen LogP contribution < -0.4 is 5.32 Å². The third kappa shape index (κ3) is 6.72. The van der Waals surface area contributed by atoms with Crippen molar-refractivity contribution in [2.75, 3.05) is 19.7 Å². The number of carbonyl (C=O) groups is 2. The Morgan fingerprint density at radius 2 is 1.84 bits per heavy atom. The minimum Gasteiger partial charge on any atom is -0.464 e. The highest BCUT2D eigenvalue weighted by Crippen LogP contribution is 2.05. The van der Waals surface area contributed by atoms with E-state index in [-0.39, 0.29) is 24.6 Å². The first-order valence-electron chi connectivity index (χ1n) is 6.68. The van der Waals surface area contributed by atoms with E-state index in [1.165, 1.54) is 0 Å². The Hall–Kier alpha value is -1.68. The second-order valence-electron chi connectivity index (χ2n) is 4.26. The van der Waals surface area contributed by atoms with Gasteiger partial charge in [-0.15, -0.1) is 0 Å². The number of rotatable bonds is 9. The van der Waals surface area contributed by atoms with Crippen molar-refractivity contribution >= 4 is 11.8 Å². The number of esters is 1. The van der Waals surface area contributed by atoms with Crippen molar-refractivity contribution in [3.63, 3.8) is 0 Å². The topological polar surface area (TPSA) is 55.4 Å². The molecule has 1 aromatic carbocycles. The summed E-state index contributed by atoms with van der Waals surface area (Å²) in [5.41, 5.74) is 0.639. The maximum absolute atomic E-state index is 11.7. The molecule has 0 saturated heterocycles. The Labute approximate surface area is 114 Å². The largest absolute Gasteiger partial charge is 0.464 e. The Bertz CT molecular complexity index is 390. The Morgan fingerprint density at radius 3 is 2.53 bits per heavy atom. The van der Waals surface area contributed by atoms with E-state index in [1.54, 1.807) is 12.1 Å². The monoisotopic (exact) mass is 263 g/mol. The highest BCUT2D eigenvalue weighted by molar-refractivity contribution is 5.97. The van der Waals surface area contributed by atoms with Crippen LogP contribution in [0.25, 0.3) is 0 Å². The van der Waals surface area contributed by atoms with Crippen molar-refractivity contribution in [3.8, 4) is 0 Å². The normalized spacial score (nSPS) is 10.2. The molecule has 4 heteroatoms. The fourth-order valence-electron chi connectivity index (χ4n) is 1.59. The predicted octanol–water partition coefficient (Wildman–Crippen LogP) is 2.19. The van der Waals surface area contributed by atoms with E-state index in [2.05, 4.69) is 12.2 Å². The van der Waals surface area contributed by atoms with Gasteiger partial charge in [0.05, 0.1) is 6.42 Å². The maximum Gasteiger partial charge on any atom is 0.306 e. The van der Waals surface area contributed by atoms with Gasteiger partial charge in [-0.3, -0.25) is 9.59 Å². The molecule has 19 heavy (non-hydrogen) atoms. The molecule has 4 nitrogen and oxygen atoms in total. The third-order valence-electron chi connectivity index (χ3n) is 2.62. The van der Waals surface area contributed by atoms with Crippen molar-refractivity contribution in [2.24, 2.45) is 0 Å². The lowest BCUT2D eigenvalue weighted by molar-refractivity contribution is -0.143. The van der Waals surface area contributed by atoms with Gasteiger partial charge in [0.15, 0.2) is 5.78 Å². The summed E-state index contributed by atoms with van der Waals surface area (Å²) in [6, 6.07) is 8.98. The summed E-state index contributed by atoms with van der Waals surface area (Å²) >= 11 is 0. The van der Waals surface area contributed by atoms with E-state index in [9.17, 15) is 9.59 Å². The molecule has 0 spiro atoms. The van der Waals surface area contributed by atoms with Crippen molar-refractivity contribution in [1.82, 2.24) is 5.32 Å². The summed E-state index contributed by atoms with van der Waals surface area (Å²) in [6.07, 6.45) is 1.40. The fraction of sp³-hybridized carbons (Fsp3) is 0.467. The van der Waals surface area contributed by atoms with Crippen molar-refractivity contribution < 1.29 is 14.3 Å². The smallest absolute Gasteiger partial charge is 0.306 e. The molecule has 104 valence electrons. The zero-order valence-electron chi connectivity index (χ0n) is 11.4. The van der Waals surface area contributed by atoms with Crippen LogP contribution in [0.5, 0.6) is 0 Å².